The molecule has 0 radical (unpaired) electrons. The maximum absolute atomic E-state index is 5.15. The second-order valence-corrected chi connectivity index (χ2v) is 5.05. The van der Waals surface area contributed by atoms with Crippen molar-refractivity contribution in [3.05, 3.63) is 46.3 Å². The normalized spacial score (nSPS) is 12.0. The van der Waals surface area contributed by atoms with E-state index < -0.39 is 0 Å². The van der Waals surface area contributed by atoms with Crippen molar-refractivity contribution in [2.24, 2.45) is 0 Å². The number of benzene rings is 1. The van der Waals surface area contributed by atoms with E-state index in [9.17, 15) is 0 Å². The maximum Gasteiger partial charge on any atom is 0.144 e. The van der Waals surface area contributed by atoms with Gasteiger partial charge in [-0.2, -0.15) is 0 Å². The summed E-state index contributed by atoms with van der Waals surface area (Å²) < 4.78 is 6.05. The number of aromatic nitrogens is 2. The minimum absolute atomic E-state index is 0.150. The van der Waals surface area contributed by atoms with Crippen LogP contribution in [0.5, 0.6) is 5.75 Å². The fourth-order valence-electron chi connectivity index (χ4n) is 1.74. The highest BCUT2D eigenvalue weighted by atomic mass is 79.9. The molecule has 1 N–H and O–H groups in total. The Hall–Kier alpha value is -1.62. The number of hydrogen-bond donors (Lipinski definition) is 1. The summed E-state index contributed by atoms with van der Waals surface area (Å²) in [7, 11) is 1.66. The molecule has 5 heteroatoms. The summed E-state index contributed by atoms with van der Waals surface area (Å²) in [6.07, 6.45) is 1.56. The van der Waals surface area contributed by atoms with Crippen LogP contribution in [0.1, 0.15) is 24.2 Å². The lowest BCUT2D eigenvalue weighted by Gasteiger charge is -2.16. The lowest BCUT2D eigenvalue weighted by Crippen LogP contribution is -2.09. The number of hydrogen-bond acceptors (Lipinski definition) is 4. The molecule has 100 valence electrons. The summed E-state index contributed by atoms with van der Waals surface area (Å²) in [5, 5.41) is 3.37. The molecule has 0 saturated carbocycles. The van der Waals surface area contributed by atoms with E-state index in [4.69, 9.17) is 4.74 Å². The van der Waals surface area contributed by atoms with E-state index >= 15 is 0 Å². The minimum atomic E-state index is 0.150. The van der Waals surface area contributed by atoms with Crippen LogP contribution in [-0.4, -0.2) is 17.1 Å². The molecule has 2 rings (SSSR count). The van der Waals surface area contributed by atoms with Gasteiger partial charge in [-0.15, -0.1) is 0 Å². The molecule has 0 aliphatic rings. The van der Waals surface area contributed by atoms with Crippen molar-refractivity contribution in [3.63, 3.8) is 0 Å². The Labute approximate surface area is 121 Å². The van der Waals surface area contributed by atoms with E-state index in [-0.39, 0.29) is 6.04 Å². The molecule has 0 saturated heterocycles. The number of anilines is 1. The third-order valence-corrected chi connectivity index (χ3v) is 3.88. The average Bonchev–Trinajstić information content (AvgIpc) is 2.44. The van der Waals surface area contributed by atoms with Crippen molar-refractivity contribution in [3.8, 4) is 5.75 Å². The summed E-state index contributed by atoms with van der Waals surface area (Å²) in [5.74, 6) is 1.66. The van der Waals surface area contributed by atoms with E-state index in [1.165, 1.54) is 5.56 Å². The van der Waals surface area contributed by atoms with E-state index in [0.29, 0.717) is 0 Å². The van der Waals surface area contributed by atoms with Crippen molar-refractivity contribution in [1.29, 1.82) is 0 Å². The highest BCUT2D eigenvalue weighted by Crippen LogP contribution is 2.26. The SMILES string of the molecule is COc1ccc(C(C)Nc2ncnc(C)c2Br)cc1. The van der Waals surface area contributed by atoms with Gasteiger partial charge in [0.15, 0.2) is 0 Å². The van der Waals surface area contributed by atoms with Gasteiger partial charge >= 0.3 is 0 Å². The molecule has 0 amide bonds. The van der Waals surface area contributed by atoms with Gasteiger partial charge < -0.3 is 10.1 Å². The van der Waals surface area contributed by atoms with Crippen molar-refractivity contribution in [2.75, 3.05) is 12.4 Å². The minimum Gasteiger partial charge on any atom is -0.497 e. The Kier molecular flexibility index (Phi) is 4.37. The van der Waals surface area contributed by atoms with Gasteiger partial charge in [-0.05, 0) is 47.5 Å². The Balaban J connectivity index is 2.15. The smallest absolute Gasteiger partial charge is 0.144 e. The lowest BCUT2D eigenvalue weighted by atomic mass is 10.1. The molecule has 1 unspecified atom stereocenters. The van der Waals surface area contributed by atoms with Gasteiger partial charge in [0.2, 0.25) is 0 Å². The van der Waals surface area contributed by atoms with Gasteiger partial charge in [0.1, 0.15) is 17.9 Å². The first-order valence-electron chi connectivity index (χ1n) is 5.99. The zero-order valence-electron chi connectivity index (χ0n) is 11.1. The lowest BCUT2D eigenvalue weighted by molar-refractivity contribution is 0.414. The molecular formula is C14H16BrN3O. The first-order valence-corrected chi connectivity index (χ1v) is 6.78. The summed E-state index contributed by atoms with van der Waals surface area (Å²) in [6, 6.07) is 8.13. The van der Waals surface area contributed by atoms with Crippen LogP contribution in [0.4, 0.5) is 5.82 Å². The van der Waals surface area contributed by atoms with Gasteiger partial charge in [0, 0.05) is 6.04 Å². The van der Waals surface area contributed by atoms with E-state index in [0.717, 1.165) is 21.7 Å². The first kappa shape index (κ1) is 13.8. The molecule has 0 spiro atoms. The van der Waals surface area contributed by atoms with Crippen molar-refractivity contribution in [2.45, 2.75) is 19.9 Å². The highest BCUT2D eigenvalue weighted by molar-refractivity contribution is 9.10. The second-order valence-electron chi connectivity index (χ2n) is 4.26. The largest absolute Gasteiger partial charge is 0.497 e. The molecule has 0 aliphatic heterocycles. The third kappa shape index (κ3) is 3.23. The highest BCUT2D eigenvalue weighted by Gasteiger charge is 2.10. The Morgan fingerprint density at radius 3 is 2.53 bits per heavy atom. The van der Waals surface area contributed by atoms with E-state index in [1.54, 1.807) is 13.4 Å². The van der Waals surface area contributed by atoms with Crippen molar-refractivity contribution < 1.29 is 4.74 Å². The molecule has 1 aromatic carbocycles. The number of aryl methyl sites for hydroxylation is 1. The Bertz CT molecular complexity index is 557. The molecule has 0 fully saturated rings. The summed E-state index contributed by atoms with van der Waals surface area (Å²) in [4.78, 5) is 8.37. The number of nitrogens with one attached hydrogen (secondary N) is 1. The van der Waals surface area contributed by atoms with Crippen LogP contribution in [0.2, 0.25) is 0 Å². The first-order chi connectivity index (χ1) is 9.11. The van der Waals surface area contributed by atoms with E-state index in [2.05, 4.69) is 38.1 Å². The topological polar surface area (TPSA) is 47.0 Å². The Morgan fingerprint density at radius 1 is 1.21 bits per heavy atom. The van der Waals surface area contributed by atoms with Crippen LogP contribution >= 0.6 is 15.9 Å². The molecular weight excluding hydrogens is 306 g/mol. The molecule has 19 heavy (non-hydrogen) atoms. The fraction of sp³-hybridized carbons (Fsp3) is 0.286. The average molecular weight is 322 g/mol. The van der Waals surface area contributed by atoms with Crippen LogP contribution < -0.4 is 10.1 Å². The van der Waals surface area contributed by atoms with Gasteiger partial charge in [-0.1, -0.05) is 12.1 Å². The second kappa shape index (κ2) is 6.02. The zero-order valence-corrected chi connectivity index (χ0v) is 12.7. The van der Waals surface area contributed by atoms with Gasteiger partial charge in [0.25, 0.3) is 0 Å². The Morgan fingerprint density at radius 2 is 1.89 bits per heavy atom. The third-order valence-electron chi connectivity index (χ3n) is 2.93. The predicted octanol–water partition coefficient (Wildman–Crippen LogP) is 3.73. The predicted molar refractivity (Wildman–Crippen MR) is 79.5 cm³/mol. The van der Waals surface area contributed by atoms with Gasteiger partial charge in [-0.25, -0.2) is 9.97 Å². The summed E-state index contributed by atoms with van der Waals surface area (Å²) >= 11 is 3.50. The monoisotopic (exact) mass is 321 g/mol. The molecule has 1 atom stereocenters. The van der Waals surface area contributed by atoms with Crippen LogP contribution in [0.25, 0.3) is 0 Å². The molecule has 0 bridgehead atoms. The fourth-order valence-corrected chi connectivity index (χ4v) is 2.06. The molecule has 2 aromatic rings. The molecule has 1 aromatic heterocycles. The maximum atomic E-state index is 5.15. The quantitative estimate of drug-likeness (QED) is 0.932. The number of rotatable bonds is 4. The van der Waals surface area contributed by atoms with E-state index in [1.807, 2.05) is 31.2 Å². The number of ether oxygens (including phenoxy) is 1. The summed E-state index contributed by atoms with van der Waals surface area (Å²) in [5.41, 5.74) is 2.09. The van der Waals surface area contributed by atoms with Crippen molar-refractivity contribution >= 4 is 21.7 Å². The van der Waals surface area contributed by atoms with Crippen LogP contribution in [0, 0.1) is 6.92 Å². The molecule has 1 heterocycles. The number of halogens is 1. The van der Waals surface area contributed by atoms with Crippen LogP contribution in [0.15, 0.2) is 35.1 Å². The van der Waals surface area contributed by atoms with Crippen molar-refractivity contribution in [1.82, 2.24) is 9.97 Å². The standard InChI is InChI=1S/C14H16BrN3O/c1-9(11-4-6-12(19-3)7-5-11)18-14-13(15)10(2)16-8-17-14/h4-9H,1-3H3,(H,16,17,18). The molecule has 4 nitrogen and oxygen atoms in total. The van der Waals surface area contributed by atoms with Gasteiger partial charge in [-0.3, -0.25) is 0 Å². The van der Waals surface area contributed by atoms with Crippen LogP contribution in [-0.2, 0) is 0 Å². The zero-order chi connectivity index (χ0) is 13.8. The van der Waals surface area contributed by atoms with Crippen LogP contribution in [0.3, 0.4) is 0 Å². The number of nitrogens with zero attached hydrogens (tertiary/aromatic N) is 2. The van der Waals surface area contributed by atoms with Gasteiger partial charge in [0.05, 0.1) is 17.3 Å². The summed E-state index contributed by atoms with van der Waals surface area (Å²) in [6.45, 7) is 4.03. The number of methoxy groups -OCH3 is 1. The molecule has 0 aliphatic carbocycles.